The highest BCUT2D eigenvalue weighted by Gasteiger charge is 2.19. The van der Waals surface area contributed by atoms with Crippen molar-refractivity contribution < 1.29 is 14.1 Å². The van der Waals surface area contributed by atoms with E-state index in [2.05, 4.69) is 0 Å². The van der Waals surface area contributed by atoms with E-state index in [1.54, 1.807) is 0 Å². The molecule has 0 N–H and O–H groups in total. The standard InChI is InChI=1S/C11H10FNO3/c12-8-5-6-10(13(14)15)11(7-8)16-9-3-1-2-4-9/h1,3,5-7,9H,2,4H2. The summed E-state index contributed by atoms with van der Waals surface area (Å²) in [6.45, 7) is 0. The number of nitro benzene ring substituents is 1. The summed E-state index contributed by atoms with van der Waals surface area (Å²) in [6, 6.07) is 3.21. The number of rotatable bonds is 3. The van der Waals surface area contributed by atoms with Crippen LogP contribution in [0.2, 0.25) is 0 Å². The molecule has 0 heterocycles. The Morgan fingerprint density at radius 3 is 2.94 bits per heavy atom. The molecule has 0 bridgehead atoms. The van der Waals surface area contributed by atoms with Gasteiger partial charge in [-0.2, -0.15) is 0 Å². The number of halogens is 1. The van der Waals surface area contributed by atoms with Gasteiger partial charge in [0, 0.05) is 12.1 Å². The van der Waals surface area contributed by atoms with Crippen LogP contribution in [0.25, 0.3) is 0 Å². The third-order valence-electron chi connectivity index (χ3n) is 2.37. The van der Waals surface area contributed by atoms with Gasteiger partial charge in [-0.15, -0.1) is 0 Å². The predicted molar refractivity (Wildman–Crippen MR) is 55.8 cm³/mol. The molecule has 0 amide bonds. The van der Waals surface area contributed by atoms with Crippen LogP contribution >= 0.6 is 0 Å². The first-order valence-corrected chi connectivity index (χ1v) is 4.94. The molecule has 4 nitrogen and oxygen atoms in total. The maximum atomic E-state index is 13.0. The Hall–Kier alpha value is -1.91. The first-order chi connectivity index (χ1) is 7.66. The number of benzene rings is 1. The number of ether oxygens (including phenoxy) is 1. The molecule has 16 heavy (non-hydrogen) atoms. The van der Waals surface area contributed by atoms with Gasteiger partial charge in [-0.1, -0.05) is 6.08 Å². The largest absolute Gasteiger partial charge is 0.479 e. The SMILES string of the molecule is O=[N+]([O-])c1ccc(F)cc1OC1C=CCC1. The van der Waals surface area contributed by atoms with E-state index in [1.807, 2.05) is 12.2 Å². The lowest BCUT2D eigenvalue weighted by Gasteiger charge is -2.11. The molecule has 1 atom stereocenters. The van der Waals surface area contributed by atoms with Gasteiger partial charge in [0.05, 0.1) is 4.92 Å². The summed E-state index contributed by atoms with van der Waals surface area (Å²) in [7, 11) is 0. The van der Waals surface area contributed by atoms with Crippen molar-refractivity contribution in [1.82, 2.24) is 0 Å². The molecule has 0 fully saturated rings. The van der Waals surface area contributed by atoms with E-state index in [9.17, 15) is 14.5 Å². The fourth-order valence-corrected chi connectivity index (χ4v) is 1.60. The summed E-state index contributed by atoms with van der Waals surface area (Å²) in [5.74, 6) is -0.552. The number of nitrogens with zero attached hydrogens (tertiary/aromatic N) is 1. The second-order valence-corrected chi connectivity index (χ2v) is 3.53. The van der Waals surface area contributed by atoms with Gasteiger partial charge in [0.1, 0.15) is 11.9 Å². The van der Waals surface area contributed by atoms with Gasteiger partial charge < -0.3 is 4.74 Å². The first-order valence-electron chi connectivity index (χ1n) is 4.94. The summed E-state index contributed by atoms with van der Waals surface area (Å²) in [5, 5.41) is 10.7. The Bertz CT molecular complexity index is 445. The number of nitro groups is 1. The predicted octanol–water partition coefficient (Wildman–Crippen LogP) is 2.83. The van der Waals surface area contributed by atoms with Crippen molar-refractivity contribution in [2.45, 2.75) is 18.9 Å². The molecule has 0 aromatic heterocycles. The normalized spacial score (nSPS) is 18.7. The van der Waals surface area contributed by atoms with E-state index in [4.69, 9.17) is 4.74 Å². The van der Waals surface area contributed by atoms with E-state index in [1.165, 1.54) is 0 Å². The smallest absolute Gasteiger partial charge is 0.311 e. The highest BCUT2D eigenvalue weighted by molar-refractivity contribution is 5.46. The number of allylic oxidation sites excluding steroid dienone is 1. The molecule has 2 rings (SSSR count). The van der Waals surface area contributed by atoms with Crippen molar-refractivity contribution in [3.8, 4) is 5.75 Å². The molecular weight excluding hydrogens is 213 g/mol. The Balaban J connectivity index is 2.26. The monoisotopic (exact) mass is 223 g/mol. The molecule has 0 aliphatic heterocycles. The van der Waals surface area contributed by atoms with Crippen molar-refractivity contribution in [3.05, 3.63) is 46.3 Å². The van der Waals surface area contributed by atoms with Gasteiger partial charge >= 0.3 is 5.69 Å². The van der Waals surface area contributed by atoms with E-state index in [0.29, 0.717) is 0 Å². The van der Waals surface area contributed by atoms with Crippen molar-refractivity contribution in [2.24, 2.45) is 0 Å². The van der Waals surface area contributed by atoms with Gasteiger partial charge in [-0.05, 0) is 25.0 Å². The molecule has 1 aromatic carbocycles. The highest BCUT2D eigenvalue weighted by Crippen LogP contribution is 2.30. The minimum Gasteiger partial charge on any atom is -0.479 e. The van der Waals surface area contributed by atoms with E-state index in [0.717, 1.165) is 31.0 Å². The third kappa shape index (κ3) is 2.18. The Kier molecular flexibility index (Phi) is 2.85. The van der Waals surface area contributed by atoms with Gasteiger partial charge in [0.15, 0.2) is 0 Å². The molecule has 1 aromatic rings. The van der Waals surface area contributed by atoms with Crippen LogP contribution in [0, 0.1) is 15.9 Å². The van der Waals surface area contributed by atoms with Crippen molar-refractivity contribution in [1.29, 1.82) is 0 Å². The second kappa shape index (κ2) is 4.30. The molecule has 1 aliphatic rings. The van der Waals surface area contributed by atoms with Crippen molar-refractivity contribution in [3.63, 3.8) is 0 Å². The summed E-state index contributed by atoms with van der Waals surface area (Å²) < 4.78 is 18.3. The summed E-state index contributed by atoms with van der Waals surface area (Å²) in [4.78, 5) is 10.1. The lowest BCUT2D eigenvalue weighted by atomic mass is 10.2. The van der Waals surface area contributed by atoms with Gasteiger partial charge in [-0.25, -0.2) is 4.39 Å². The lowest BCUT2D eigenvalue weighted by molar-refractivity contribution is -0.386. The summed E-state index contributed by atoms with van der Waals surface area (Å²) in [6.07, 6.45) is 5.23. The van der Waals surface area contributed by atoms with Crippen LogP contribution in [-0.2, 0) is 0 Å². The second-order valence-electron chi connectivity index (χ2n) is 3.53. The van der Waals surface area contributed by atoms with Crippen LogP contribution in [-0.4, -0.2) is 11.0 Å². The molecule has 0 saturated heterocycles. The summed E-state index contributed by atoms with van der Waals surface area (Å²) in [5.41, 5.74) is -0.207. The molecule has 1 unspecified atom stereocenters. The van der Waals surface area contributed by atoms with Gasteiger partial charge in [0.25, 0.3) is 0 Å². The Morgan fingerprint density at radius 2 is 2.31 bits per heavy atom. The average Bonchev–Trinajstić information content (AvgIpc) is 2.70. The number of hydrogen-bond donors (Lipinski definition) is 0. The first kappa shape index (κ1) is 10.6. The minimum absolute atomic E-state index is 0.0125. The molecule has 1 aliphatic carbocycles. The van der Waals surface area contributed by atoms with E-state index < -0.39 is 10.7 Å². The van der Waals surface area contributed by atoms with Crippen LogP contribution in [0.5, 0.6) is 5.75 Å². The molecule has 0 saturated carbocycles. The van der Waals surface area contributed by atoms with Crippen molar-refractivity contribution in [2.75, 3.05) is 0 Å². The van der Waals surface area contributed by atoms with Crippen LogP contribution in [0.15, 0.2) is 30.4 Å². The molecular formula is C11H10FNO3. The van der Waals surface area contributed by atoms with E-state index in [-0.39, 0.29) is 17.5 Å². The minimum atomic E-state index is -0.576. The maximum absolute atomic E-state index is 13.0. The van der Waals surface area contributed by atoms with Gasteiger partial charge in [-0.3, -0.25) is 10.1 Å². The molecule has 84 valence electrons. The average molecular weight is 223 g/mol. The fraction of sp³-hybridized carbons (Fsp3) is 0.273. The Labute approximate surface area is 91.5 Å². The highest BCUT2D eigenvalue weighted by atomic mass is 19.1. The van der Waals surface area contributed by atoms with E-state index >= 15 is 0 Å². The van der Waals surface area contributed by atoms with Crippen molar-refractivity contribution >= 4 is 5.69 Å². The zero-order valence-electron chi connectivity index (χ0n) is 8.43. The zero-order chi connectivity index (χ0) is 11.5. The van der Waals surface area contributed by atoms with Crippen LogP contribution in [0.1, 0.15) is 12.8 Å². The van der Waals surface area contributed by atoms with Gasteiger partial charge in [0.2, 0.25) is 5.75 Å². The zero-order valence-corrected chi connectivity index (χ0v) is 8.43. The van der Waals surface area contributed by atoms with Crippen LogP contribution in [0.4, 0.5) is 10.1 Å². The van der Waals surface area contributed by atoms with Crippen LogP contribution in [0.3, 0.4) is 0 Å². The maximum Gasteiger partial charge on any atom is 0.311 e. The molecule has 5 heteroatoms. The lowest BCUT2D eigenvalue weighted by Crippen LogP contribution is -2.11. The Morgan fingerprint density at radius 1 is 1.50 bits per heavy atom. The molecule has 0 radical (unpaired) electrons. The number of hydrogen-bond acceptors (Lipinski definition) is 3. The van der Waals surface area contributed by atoms with Crippen LogP contribution < -0.4 is 4.74 Å². The molecule has 0 spiro atoms. The summed E-state index contributed by atoms with van der Waals surface area (Å²) >= 11 is 0. The topological polar surface area (TPSA) is 52.4 Å². The third-order valence-corrected chi connectivity index (χ3v) is 2.37. The fourth-order valence-electron chi connectivity index (χ4n) is 1.60. The quantitative estimate of drug-likeness (QED) is 0.449.